The van der Waals surface area contributed by atoms with Crippen LogP contribution in [-0.4, -0.2) is 5.78 Å². The molecule has 0 amide bonds. The molecular formula is C16H20O2. The van der Waals surface area contributed by atoms with Gasteiger partial charge in [0.1, 0.15) is 5.76 Å². The predicted octanol–water partition coefficient (Wildman–Crippen LogP) is 4.22. The van der Waals surface area contributed by atoms with Gasteiger partial charge in [-0.1, -0.05) is 19.7 Å². The SMILES string of the molecule is [2H]C([2H])([2H])[C@@]12CCCC[C@H]1CCC(=Cc1ccco1)C2=O. The normalized spacial score (nSPS) is 37.8. The molecule has 0 saturated heterocycles. The minimum absolute atomic E-state index is 0.000000945. The molecule has 1 aromatic rings. The molecule has 0 aliphatic heterocycles. The standard InChI is InChI=1S/C16H20O2/c1-16-9-3-2-5-13(16)8-7-12(15(16)17)11-14-6-4-10-18-14/h4,6,10-11,13H,2-3,5,7-9H2,1H3/t13-,16+/m0/s1/i1D3. The molecule has 3 rings (SSSR count). The molecule has 0 N–H and O–H groups in total. The molecule has 96 valence electrons. The number of Topliss-reactive ketones (excluding diaryl/α,β-unsaturated/α-hetero) is 1. The number of carbonyl (C=O) groups excluding carboxylic acids is 1. The Morgan fingerprint density at radius 3 is 3.22 bits per heavy atom. The number of fused-ring (bicyclic) bond motifs is 1. The summed E-state index contributed by atoms with van der Waals surface area (Å²) in [4.78, 5) is 13.0. The number of rotatable bonds is 1. The lowest BCUT2D eigenvalue weighted by molar-refractivity contribution is -0.131. The Morgan fingerprint density at radius 2 is 2.44 bits per heavy atom. The molecule has 2 heteroatoms. The average Bonchev–Trinajstić information content (AvgIpc) is 2.94. The summed E-state index contributed by atoms with van der Waals surface area (Å²) in [5.41, 5.74) is -0.554. The second-order valence-electron chi connectivity index (χ2n) is 5.47. The van der Waals surface area contributed by atoms with E-state index >= 15 is 0 Å². The van der Waals surface area contributed by atoms with Crippen LogP contribution in [0, 0.1) is 11.3 Å². The van der Waals surface area contributed by atoms with Crippen LogP contribution in [0.2, 0.25) is 0 Å². The van der Waals surface area contributed by atoms with E-state index in [2.05, 4.69) is 0 Å². The van der Waals surface area contributed by atoms with Gasteiger partial charge in [0.15, 0.2) is 5.78 Å². The van der Waals surface area contributed by atoms with E-state index in [4.69, 9.17) is 8.53 Å². The maximum atomic E-state index is 13.0. The highest BCUT2D eigenvalue weighted by atomic mass is 16.3. The van der Waals surface area contributed by atoms with E-state index in [9.17, 15) is 4.79 Å². The van der Waals surface area contributed by atoms with Crippen molar-refractivity contribution in [1.82, 2.24) is 0 Å². The second-order valence-corrected chi connectivity index (χ2v) is 5.47. The van der Waals surface area contributed by atoms with Crippen LogP contribution in [0.1, 0.15) is 55.2 Å². The van der Waals surface area contributed by atoms with Gasteiger partial charge in [0.2, 0.25) is 0 Å². The predicted molar refractivity (Wildman–Crippen MR) is 71.0 cm³/mol. The van der Waals surface area contributed by atoms with Crippen LogP contribution >= 0.6 is 0 Å². The molecule has 2 atom stereocenters. The highest BCUT2D eigenvalue weighted by Crippen LogP contribution is 2.49. The summed E-state index contributed by atoms with van der Waals surface area (Å²) in [6, 6.07) is 3.55. The lowest BCUT2D eigenvalue weighted by Crippen LogP contribution is -2.42. The van der Waals surface area contributed by atoms with Gasteiger partial charge >= 0.3 is 0 Å². The van der Waals surface area contributed by atoms with Gasteiger partial charge in [-0.3, -0.25) is 4.79 Å². The number of hydrogen-bond donors (Lipinski definition) is 0. The van der Waals surface area contributed by atoms with E-state index in [0.29, 0.717) is 24.2 Å². The summed E-state index contributed by atoms with van der Waals surface area (Å²) in [7, 11) is 0. The van der Waals surface area contributed by atoms with Gasteiger partial charge in [0.05, 0.1) is 6.26 Å². The minimum Gasteiger partial charge on any atom is -0.465 e. The van der Waals surface area contributed by atoms with Gasteiger partial charge in [-0.15, -0.1) is 0 Å². The molecule has 18 heavy (non-hydrogen) atoms. The molecule has 1 aromatic heterocycles. The van der Waals surface area contributed by atoms with E-state index in [1.807, 2.05) is 0 Å². The van der Waals surface area contributed by atoms with Crippen molar-refractivity contribution in [2.24, 2.45) is 11.3 Å². The van der Waals surface area contributed by atoms with Crippen molar-refractivity contribution >= 4 is 11.9 Å². The van der Waals surface area contributed by atoms with Crippen molar-refractivity contribution in [2.45, 2.75) is 45.4 Å². The van der Waals surface area contributed by atoms with Crippen molar-refractivity contribution < 1.29 is 13.3 Å². The highest BCUT2D eigenvalue weighted by molar-refractivity contribution is 6.04. The fraction of sp³-hybridized carbons (Fsp3) is 0.562. The van der Waals surface area contributed by atoms with E-state index in [-0.39, 0.29) is 11.7 Å². The van der Waals surface area contributed by atoms with E-state index < -0.39 is 12.3 Å². The molecule has 0 aromatic carbocycles. The maximum absolute atomic E-state index is 13.0. The highest BCUT2D eigenvalue weighted by Gasteiger charge is 2.46. The first-order chi connectivity index (χ1) is 9.95. The Bertz CT molecular complexity index is 557. The Kier molecular flexibility index (Phi) is 2.14. The van der Waals surface area contributed by atoms with E-state index in [1.54, 1.807) is 24.5 Å². The molecule has 2 saturated carbocycles. The number of carbonyl (C=O) groups is 1. The summed E-state index contributed by atoms with van der Waals surface area (Å²) in [5, 5.41) is 0. The summed E-state index contributed by atoms with van der Waals surface area (Å²) >= 11 is 0. The Labute approximate surface area is 112 Å². The molecule has 1 heterocycles. The number of allylic oxidation sites excluding steroid dienone is 1. The number of furan rings is 1. The van der Waals surface area contributed by atoms with Crippen LogP contribution in [0.5, 0.6) is 0 Å². The number of ketones is 1. The van der Waals surface area contributed by atoms with Crippen LogP contribution in [-0.2, 0) is 4.79 Å². The zero-order chi connectivity index (χ0) is 15.1. The molecule has 2 nitrogen and oxygen atoms in total. The first kappa shape index (κ1) is 8.73. The van der Waals surface area contributed by atoms with Crippen LogP contribution in [0.15, 0.2) is 28.4 Å². The Hall–Kier alpha value is -1.31. The van der Waals surface area contributed by atoms with E-state index in [1.165, 1.54) is 0 Å². The average molecular weight is 247 g/mol. The number of hydrogen-bond acceptors (Lipinski definition) is 2. The van der Waals surface area contributed by atoms with Gasteiger partial charge in [0, 0.05) is 9.53 Å². The Morgan fingerprint density at radius 1 is 1.50 bits per heavy atom. The van der Waals surface area contributed by atoms with Crippen LogP contribution in [0.4, 0.5) is 0 Å². The molecule has 0 spiro atoms. The smallest absolute Gasteiger partial charge is 0.165 e. The summed E-state index contributed by atoms with van der Waals surface area (Å²) < 4.78 is 29.2. The fourth-order valence-corrected chi connectivity index (χ4v) is 3.35. The molecule has 0 unspecified atom stereocenters. The molecule has 2 aliphatic rings. The van der Waals surface area contributed by atoms with Gasteiger partial charge < -0.3 is 4.42 Å². The minimum atomic E-state index is -2.22. The lowest BCUT2D eigenvalue weighted by Gasteiger charge is -2.44. The third-order valence-electron chi connectivity index (χ3n) is 4.39. The second kappa shape index (κ2) is 4.42. The largest absolute Gasteiger partial charge is 0.465 e. The van der Waals surface area contributed by atoms with Gasteiger partial charge in [-0.25, -0.2) is 0 Å². The zero-order valence-electron chi connectivity index (χ0n) is 13.4. The van der Waals surface area contributed by atoms with Crippen molar-refractivity contribution in [2.75, 3.05) is 0 Å². The summed E-state index contributed by atoms with van der Waals surface area (Å²) in [6.07, 6.45) is 7.93. The fourth-order valence-electron chi connectivity index (χ4n) is 3.35. The molecular weight excluding hydrogens is 224 g/mol. The Balaban J connectivity index is 2.01. The van der Waals surface area contributed by atoms with Crippen molar-refractivity contribution in [3.8, 4) is 0 Å². The first-order valence-corrected chi connectivity index (χ1v) is 6.74. The summed E-state index contributed by atoms with van der Waals surface area (Å²) in [6.45, 7) is -2.22. The van der Waals surface area contributed by atoms with Crippen molar-refractivity contribution in [3.05, 3.63) is 29.7 Å². The zero-order valence-corrected chi connectivity index (χ0v) is 10.4. The van der Waals surface area contributed by atoms with Gasteiger partial charge in [-0.2, -0.15) is 0 Å². The monoisotopic (exact) mass is 247 g/mol. The van der Waals surface area contributed by atoms with E-state index in [0.717, 1.165) is 25.7 Å². The topological polar surface area (TPSA) is 30.2 Å². The molecule has 2 fully saturated rings. The lowest BCUT2D eigenvalue weighted by atomic mass is 9.58. The van der Waals surface area contributed by atoms with Crippen LogP contribution in [0.3, 0.4) is 0 Å². The van der Waals surface area contributed by atoms with Crippen LogP contribution < -0.4 is 0 Å². The third-order valence-corrected chi connectivity index (χ3v) is 4.39. The maximum Gasteiger partial charge on any atom is 0.165 e. The molecule has 2 aliphatic carbocycles. The molecule has 0 radical (unpaired) electrons. The van der Waals surface area contributed by atoms with Crippen molar-refractivity contribution in [3.63, 3.8) is 0 Å². The van der Waals surface area contributed by atoms with Crippen LogP contribution in [0.25, 0.3) is 6.08 Å². The third kappa shape index (κ3) is 1.84. The van der Waals surface area contributed by atoms with Crippen molar-refractivity contribution in [1.29, 1.82) is 0 Å². The van der Waals surface area contributed by atoms with Gasteiger partial charge in [-0.05, 0) is 55.4 Å². The van der Waals surface area contributed by atoms with Gasteiger partial charge in [0.25, 0.3) is 0 Å². The quantitative estimate of drug-likeness (QED) is 0.695. The summed E-state index contributed by atoms with van der Waals surface area (Å²) in [5.74, 6) is 0.447. The molecule has 0 bridgehead atoms. The first-order valence-electron chi connectivity index (χ1n) is 8.24.